The molecule has 0 spiro atoms. The van der Waals surface area contributed by atoms with E-state index in [0.29, 0.717) is 23.8 Å². The van der Waals surface area contributed by atoms with E-state index in [4.69, 9.17) is 4.74 Å². The predicted octanol–water partition coefficient (Wildman–Crippen LogP) is 4.78. The maximum Gasteiger partial charge on any atom is 0.204 e. The molecular weight excluding hydrogens is 386 g/mol. The van der Waals surface area contributed by atoms with Crippen molar-refractivity contribution in [3.05, 3.63) is 89.7 Å². The van der Waals surface area contributed by atoms with E-state index >= 15 is 0 Å². The van der Waals surface area contributed by atoms with Gasteiger partial charge in [0.1, 0.15) is 12.4 Å². The molecule has 1 aliphatic rings. The molecule has 0 saturated heterocycles. The van der Waals surface area contributed by atoms with E-state index in [-0.39, 0.29) is 0 Å². The molecule has 2 heterocycles. The van der Waals surface area contributed by atoms with Crippen LogP contribution < -0.4 is 4.74 Å². The standard InChI is InChI=1S/C25H25N5O/c1-25(14-15-25)23(18-6-8-20(9-7-18)24-27-29-30(2)28-24)19-10-12-22(13-11-19)31-17-21-5-3-4-16-26-21/h3-13,16,23H,14-15,17H2,1-2H3. The highest BCUT2D eigenvalue weighted by Gasteiger charge is 2.46. The number of ether oxygens (including phenoxy) is 1. The molecule has 6 nitrogen and oxygen atoms in total. The second-order valence-corrected chi connectivity index (χ2v) is 8.49. The fraction of sp³-hybridized carbons (Fsp3) is 0.280. The normalized spacial score (nSPS) is 15.4. The molecule has 1 fully saturated rings. The van der Waals surface area contributed by atoms with Crippen LogP contribution in [0.2, 0.25) is 0 Å². The molecule has 1 aliphatic carbocycles. The van der Waals surface area contributed by atoms with E-state index in [1.54, 1.807) is 13.2 Å². The molecule has 0 amide bonds. The number of aryl methyl sites for hydroxylation is 1. The molecule has 0 N–H and O–H groups in total. The molecule has 0 bridgehead atoms. The Morgan fingerprint density at radius 2 is 1.68 bits per heavy atom. The highest BCUT2D eigenvalue weighted by molar-refractivity contribution is 5.55. The lowest BCUT2D eigenvalue weighted by molar-refractivity contribution is 0.301. The summed E-state index contributed by atoms with van der Waals surface area (Å²) in [7, 11) is 1.78. The second kappa shape index (κ2) is 7.95. The average Bonchev–Trinajstić information content (AvgIpc) is 3.39. The molecule has 4 aromatic rings. The van der Waals surface area contributed by atoms with Crippen LogP contribution in [0, 0.1) is 5.41 Å². The van der Waals surface area contributed by atoms with Crippen LogP contribution in [0.25, 0.3) is 11.4 Å². The molecule has 0 aliphatic heterocycles. The third-order valence-corrected chi connectivity index (χ3v) is 6.07. The van der Waals surface area contributed by atoms with Crippen molar-refractivity contribution in [1.29, 1.82) is 0 Å². The minimum atomic E-state index is 0.294. The van der Waals surface area contributed by atoms with Gasteiger partial charge in [-0.15, -0.1) is 10.2 Å². The fourth-order valence-electron chi connectivity index (χ4n) is 4.10. The van der Waals surface area contributed by atoms with Gasteiger partial charge in [-0.3, -0.25) is 4.98 Å². The van der Waals surface area contributed by atoms with Crippen LogP contribution in [0.15, 0.2) is 72.9 Å². The lowest BCUT2D eigenvalue weighted by Crippen LogP contribution is -2.12. The molecule has 2 aromatic carbocycles. The van der Waals surface area contributed by atoms with E-state index in [1.807, 2.05) is 18.2 Å². The summed E-state index contributed by atoms with van der Waals surface area (Å²) in [5, 5.41) is 12.3. The first-order chi connectivity index (χ1) is 15.1. The number of tetrazole rings is 1. The van der Waals surface area contributed by atoms with Crippen molar-refractivity contribution in [3.63, 3.8) is 0 Å². The maximum atomic E-state index is 5.92. The minimum absolute atomic E-state index is 0.294. The molecule has 31 heavy (non-hydrogen) atoms. The first kappa shape index (κ1) is 19.4. The molecule has 6 heteroatoms. The van der Waals surface area contributed by atoms with Crippen LogP contribution in [-0.2, 0) is 13.7 Å². The van der Waals surface area contributed by atoms with Crippen molar-refractivity contribution in [2.75, 3.05) is 0 Å². The third-order valence-electron chi connectivity index (χ3n) is 6.07. The zero-order valence-electron chi connectivity index (χ0n) is 17.8. The summed E-state index contributed by atoms with van der Waals surface area (Å²) in [6.07, 6.45) is 4.26. The van der Waals surface area contributed by atoms with Crippen molar-refractivity contribution in [2.45, 2.75) is 32.3 Å². The summed E-state index contributed by atoms with van der Waals surface area (Å²) in [6.45, 7) is 2.85. The lowest BCUT2D eigenvalue weighted by atomic mass is 9.79. The van der Waals surface area contributed by atoms with E-state index < -0.39 is 0 Å². The molecule has 5 rings (SSSR count). The minimum Gasteiger partial charge on any atom is -0.487 e. The zero-order chi connectivity index (χ0) is 21.3. The summed E-state index contributed by atoms with van der Waals surface area (Å²) in [6, 6.07) is 23.0. The molecule has 1 unspecified atom stereocenters. The number of hydrogen-bond donors (Lipinski definition) is 0. The van der Waals surface area contributed by atoms with Gasteiger partial charge in [-0.05, 0) is 58.9 Å². The molecule has 1 saturated carbocycles. The van der Waals surface area contributed by atoms with Crippen LogP contribution in [-0.4, -0.2) is 25.2 Å². The van der Waals surface area contributed by atoms with Crippen molar-refractivity contribution in [2.24, 2.45) is 12.5 Å². The van der Waals surface area contributed by atoms with Gasteiger partial charge >= 0.3 is 0 Å². The maximum absolute atomic E-state index is 5.92. The second-order valence-electron chi connectivity index (χ2n) is 8.49. The number of nitrogens with zero attached hydrogens (tertiary/aromatic N) is 5. The van der Waals surface area contributed by atoms with Gasteiger partial charge in [-0.1, -0.05) is 49.4 Å². The summed E-state index contributed by atoms with van der Waals surface area (Å²) in [4.78, 5) is 5.79. The van der Waals surface area contributed by atoms with Gasteiger partial charge in [0.15, 0.2) is 0 Å². The van der Waals surface area contributed by atoms with Crippen LogP contribution in [0.3, 0.4) is 0 Å². The van der Waals surface area contributed by atoms with Gasteiger partial charge < -0.3 is 4.74 Å². The van der Waals surface area contributed by atoms with Crippen LogP contribution >= 0.6 is 0 Å². The van der Waals surface area contributed by atoms with Crippen molar-refractivity contribution in [3.8, 4) is 17.1 Å². The van der Waals surface area contributed by atoms with E-state index in [9.17, 15) is 0 Å². The SMILES string of the molecule is Cn1nnc(-c2ccc(C(c3ccc(OCc4ccccn4)cc3)C3(C)CC3)cc2)n1. The van der Waals surface area contributed by atoms with Crippen molar-refractivity contribution >= 4 is 0 Å². The Bertz CT molecular complexity index is 1150. The molecule has 0 radical (unpaired) electrons. The predicted molar refractivity (Wildman–Crippen MR) is 118 cm³/mol. The first-order valence-electron chi connectivity index (χ1n) is 10.6. The molecule has 156 valence electrons. The number of rotatable bonds is 7. The Hall–Kier alpha value is -3.54. The summed E-state index contributed by atoms with van der Waals surface area (Å²) in [5.74, 6) is 1.86. The zero-order valence-corrected chi connectivity index (χ0v) is 17.8. The van der Waals surface area contributed by atoms with Gasteiger partial charge in [0.25, 0.3) is 0 Å². The van der Waals surface area contributed by atoms with E-state index in [1.165, 1.54) is 28.8 Å². The van der Waals surface area contributed by atoms with Crippen molar-refractivity contribution in [1.82, 2.24) is 25.2 Å². The van der Waals surface area contributed by atoms with Gasteiger partial charge in [-0.25, -0.2) is 0 Å². The van der Waals surface area contributed by atoms with E-state index in [2.05, 4.69) is 75.8 Å². The Morgan fingerprint density at radius 3 is 2.26 bits per heavy atom. The quantitative estimate of drug-likeness (QED) is 0.438. The highest BCUT2D eigenvalue weighted by atomic mass is 16.5. The van der Waals surface area contributed by atoms with Gasteiger partial charge in [-0.2, -0.15) is 4.80 Å². The smallest absolute Gasteiger partial charge is 0.204 e. The van der Waals surface area contributed by atoms with E-state index in [0.717, 1.165) is 17.0 Å². The molecule has 1 atom stereocenters. The van der Waals surface area contributed by atoms with Gasteiger partial charge in [0, 0.05) is 17.7 Å². The Kier molecular flexibility index (Phi) is 4.98. The largest absolute Gasteiger partial charge is 0.487 e. The number of hydrogen-bond acceptors (Lipinski definition) is 5. The Morgan fingerprint density at radius 1 is 0.968 bits per heavy atom. The molecule has 2 aromatic heterocycles. The molecular formula is C25H25N5O. The number of benzene rings is 2. The first-order valence-corrected chi connectivity index (χ1v) is 10.6. The van der Waals surface area contributed by atoms with Crippen LogP contribution in [0.4, 0.5) is 0 Å². The number of aromatic nitrogens is 5. The Labute approximate surface area is 181 Å². The summed E-state index contributed by atoms with van der Waals surface area (Å²) in [5.41, 5.74) is 4.83. The summed E-state index contributed by atoms with van der Waals surface area (Å²) >= 11 is 0. The topological polar surface area (TPSA) is 65.7 Å². The van der Waals surface area contributed by atoms with Gasteiger partial charge in [0.05, 0.1) is 12.7 Å². The Balaban J connectivity index is 1.35. The lowest BCUT2D eigenvalue weighted by Gasteiger charge is -2.25. The monoisotopic (exact) mass is 411 g/mol. The number of pyridine rings is 1. The summed E-state index contributed by atoms with van der Waals surface area (Å²) < 4.78 is 5.92. The fourth-order valence-corrected chi connectivity index (χ4v) is 4.10. The average molecular weight is 412 g/mol. The highest BCUT2D eigenvalue weighted by Crippen LogP contribution is 2.58. The van der Waals surface area contributed by atoms with Crippen molar-refractivity contribution < 1.29 is 4.74 Å². The third kappa shape index (κ3) is 4.19. The van der Waals surface area contributed by atoms with Crippen LogP contribution in [0.1, 0.15) is 42.5 Å². The van der Waals surface area contributed by atoms with Gasteiger partial charge in [0.2, 0.25) is 5.82 Å². The van der Waals surface area contributed by atoms with Crippen LogP contribution in [0.5, 0.6) is 5.75 Å².